The predicted octanol–water partition coefficient (Wildman–Crippen LogP) is 12.1. The van der Waals surface area contributed by atoms with Gasteiger partial charge in [0.05, 0.1) is 27.7 Å². The second-order valence-electron chi connectivity index (χ2n) is 15.4. The molecule has 1 unspecified atom stereocenters. The van der Waals surface area contributed by atoms with Crippen molar-refractivity contribution in [2.45, 2.75) is 168 Å². The summed E-state index contributed by atoms with van der Waals surface area (Å²) < 4.78 is 34.2. The lowest BCUT2D eigenvalue weighted by molar-refractivity contribution is -0.870. The van der Waals surface area contributed by atoms with E-state index < -0.39 is 26.5 Å². The third kappa shape index (κ3) is 41.2. The molecule has 0 fully saturated rings. The van der Waals surface area contributed by atoms with Crippen LogP contribution in [-0.2, 0) is 32.7 Å². The molecule has 0 aromatic carbocycles. The van der Waals surface area contributed by atoms with E-state index in [1.165, 1.54) is 57.8 Å². The largest absolute Gasteiger partial charge is 0.472 e. The van der Waals surface area contributed by atoms with Crippen LogP contribution >= 0.6 is 7.82 Å². The normalized spacial score (nSPS) is 14.2. The van der Waals surface area contributed by atoms with Crippen LogP contribution in [0, 0.1) is 0 Å². The van der Waals surface area contributed by atoms with Gasteiger partial charge in [-0.1, -0.05) is 152 Å². The molecular formula is C45H81NO8P+. The minimum atomic E-state index is -4.38. The van der Waals surface area contributed by atoms with Crippen LogP contribution in [0.1, 0.15) is 162 Å². The van der Waals surface area contributed by atoms with Crippen LogP contribution in [0.25, 0.3) is 0 Å². The molecule has 0 aliphatic rings. The fraction of sp³-hybridized carbons (Fsp3) is 0.733. The molecule has 0 amide bonds. The third-order valence-corrected chi connectivity index (χ3v) is 9.80. The quantitative estimate of drug-likeness (QED) is 0.0216. The molecule has 318 valence electrons. The number of carbonyl (C=O) groups is 2. The van der Waals surface area contributed by atoms with Crippen LogP contribution in [0.4, 0.5) is 0 Å². The first kappa shape index (κ1) is 52.7. The molecule has 0 saturated heterocycles. The Kier molecular flexibility index (Phi) is 35.7. The second-order valence-corrected chi connectivity index (χ2v) is 16.8. The summed E-state index contributed by atoms with van der Waals surface area (Å²) >= 11 is 0. The van der Waals surface area contributed by atoms with Crippen molar-refractivity contribution in [2.24, 2.45) is 0 Å². The minimum Gasteiger partial charge on any atom is -0.462 e. The van der Waals surface area contributed by atoms with Crippen molar-refractivity contribution in [3.8, 4) is 0 Å². The number of nitrogens with zero attached hydrogens (tertiary/aromatic N) is 1. The van der Waals surface area contributed by atoms with E-state index in [2.05, 4.69) is 74.6 Å². The summed E-state index contributed by atoms with van der Waals surface area (Å²) in [6.45, 7) is 4.25. The van der Waals surface area contributed by atoms with Gasteiger partial charge in [0.2, 0.25) is 0 Å². The number of phosphoric ester groups is 1. The number of likely N-dealkylation sites (N-methyl/N-ethyl adjacent to an activating group) is 1. The van der Waals surface area contributed by atoms with Crippen LogP contribution < -0.4 is 0 Å². The van der Waals surface area contributed by atoms with E-state index in [9.17, 15) is 19.0 Å². The third-order valence-electron chi connectivity index (χ3n) is 8.81. The summed E-state index contributed by atoms with van der Waals surface area (Å²) in [5.74, 6) is -0.839. The first-order valence-electron chi connectivity index (χ1n) is 21.5. The molecule has 9 nitrogen and oxygen atoms in total. The molecule has 10 heteroatoms. The summed E-state index contributed by atoms with van der Waals surface area (Å²) in [6, 6.07) is 0. The van der Waals surface area contributed by atoms with Crippen molar-refractivity contribution in [1.82, 2.24) is 0 Å². The molecule has 0 bridgehead atoms. The minimum absolute atomic E-state index is 0.0232. The van der Waals surface area contributed by atoms with E-state index in [1.54, 1.807) is 0 Å². The van der Waals surface area contributed by atoms with Gasteiger partial charge in [-0.05, 0) is 57.8 Å². The van der Waals surface area contributed by atoms with Gasteiger partial charge in [-0.25, -0.2) is 4.57 Å². The molecule has 0 radical (unpaired) electrons. The van der Waals surface area contributed by atoms with E-state index in [4.69, 9.17) is 18.5 Å². The Morgan fingerprint density at radius 1 is 0.582 bits per heavy atom. The average Bonchev–Trinajstić information content (AvgIpc) is 3.13. The van der Waals surface area contributed by atoms with Crippen LogP contribution in [0.5, 0.6) is 0 Å². The van der Waals surface area contributed by atoms with Gasteiger partial charge in [0.1, 0.15) is 19.8 Å². The van der Waals surface area contributed by atoms with Crippen molar-refractivity contribution in [3.05, 3.63) is 60.8 Å². The molecular weight excluding hydrogens is 713 g/mol. The fourth-order valence-corrected chi connectivity index (χ4v) is 6.19. The number of allylic oxidation sites excluding steroid dienone is 10. The van der Waals surface area contributed by atoms with E-state index in [1.807, 2.05) is 21.1 Å². The molecule has 1 N–H and O–H groups in total. The van der Waals surface area contributed by atoms with E-state index in [0.717, 1.165) is 70.6 Å². The summed E-state index contributed by atoms with van der Waals surface area (Å²) in [5.41, 5.74) is 0. The molecule has 55 heavy (non-hydrogen) atoms. The number of hydrogen-bond donors (Lipinski definition) is 1. The smallest absolute Gasteiger partial charge is 0.462 e. The average molecular weight is 795 g/mol. The maximum Gasteiger partial charge on any atom is 0.472 e. The molecule has 0 rings (SSSR count). The van der Waals surface area contributed by atoms with Gasteiger partial charge in [0, 0.05) is 12.8 Å². The summed E-state index contributed by atoms with van der Waals surface area (Å²) in [7, 11) is 1.45. The van der Waals surface area contributed by atoms with E-state index >= 15 is 0 Å². The van der Waals surface area contributed by atoms with Crippen LogP contribution in [0.2, 0.25) is 0 Å². The Bertz CT molecular complexity index is 1120. The van der Waals surface area contributed by atoms with Crippen molar-refractivity contribution in [3.63, 3.8) is 0 Å². The molecule has 0 aromatic heterocycles. The van der Waals surface area contributed by atoms with Gasteiger partial charge in [-0.3, -0.25) is 18.6 Å². The molecule has 0 aliphatic heterocycles. The Morgan fingerprint density at radius 2 is 1.04 bits per heavy atom. The van der Waals surface area contributed by atoms with Crippen molar-refractivity contribution in [2.75, 3.05) is 47.5 Å². The number of esters is 2. The number of hydrogen-bond acceptors (Lipinski definition) is 7. The highest BCUT2D eigenvalue weighted by Crippen LogP contribution is 2.43. The monoisotopic (exact) mass is 795 g/mol. The number of carbonyl (C=O) groups excluding carboxylic acids is 2. The van der Waals surface area contributed by atoms with Crippen LogP contribution in [0.3, 0.4) is 0 Å². The highest BCUT2D eigenvalue weighted by atomic mass is 31.2. The number of ether oxygens (including phenoxy) is 2. The lowest BCUT2D eigenvalue weighted by atomic mass is 10.0. The standard InChI is InChI=1S/C45H80NO8P/c1-6-8-10-12-14-16-18-20-21-22-23-24-25-26-28-30-32-34-36-38-45(48)54-43(42-53-55(49,50)52-40-39-46(3,4)5)41-51-44(47)37-35-33-31-29-27-19-17-15-13-11-9-7-2/h8,10,14,16,20-21,23-24,26,28,43H,6-7,9,11-13,15,17-19,22,25,27,29-42H2,1-5H3/p+1/b10-8-,16-14-,21-20-,24-23-,28-26-/t43-/m1/s1. The number of quaternary nitrogens is 1. The zero-order valence-electron chi connectivity index (χ0n) is 35.6. The van der Waals surface area contributed by atoms with E-state index in [-0.39, 0.29) is 32.0 Å². The predicted molar refractivity (Wildman–Crippen MR) is 229 cm³/mol. The Balaban J connectivity index is 4.44. The van der Waals surface area contributed by atoms with Gasteiger partial charge in [-0.2, -0.15) is 0 Å². The molecule has 0 spiro atoms. The van der Waals surface area contributed by atoms with Crippen molar-refractivity contribution in [1.29, 1.82) is 0 Å². The Labute approximate surface area is 336 Å². The van der Waals surface area contributed by atoms with Gasteiger partial charge in [-0.15, -0.1) is 0 Å². The molecule has 0 heterocycles. The van der Waals surface area contributed by atoms with Crippen LogP contribution in [-0.4, -0.2) is 74.9 Å². The topological polar surface area (TPSA) is 108 Å². The SMILES string of the molecule is CC/C=C\C/C=C\C/C=C\C/C=C\C/C=C\CCCCCC(=O)O[C@H](COC(=O)CCCCCCCCCCCCCC)COP(=O)(O)OCC[N+](C)(C)C. The van der Waals surface area contributed by atoms with Gasteiger partial charge in [0.25, 0.3) is 0 Å². The van der Waals surface area contributed by atoms with Crippen LogP contribution in [0.15, 0.2) is 60.8 Å². The van der Waals surface area contributed by atoms with Gasteiger partial charge < -0.3 is 18.9 Å². The molecule has 0 aliphatic carbocycles. The first-order chi connectivity index (χ1) is 26.5. The first-order valence-corrected chi connectivity index (χ1v) is 23.0. The summed E-state index contributed by atoms with van der Waals surface area (Å²) in [6.07, 6.45) is 44.1. The highest BCUT2D eigenvalue weighted by molar-refractivity contribution is 7.47. The maximum absolute atomic E-state index is 12.7. The maximum atomic E-state index is 12.7. The Hall–Kier alpha value is -2.29. The zero-order valence-corrected chi connectivity index (χ0v) is 36.5. The molecule has 0 aromatic rings. The van der Waals surface area contributed by atoms with Gasteiger partial charge in [0.15, 0.2) is 6.10 Å². The van der Waals surface area contributed by atoms with E-state index in [0.29, 0.717) is 17.4 Å². The lowest BCUT2D eigenvalue weighted by Gasteiger charge is -2.24. The fourth-order valence-electron chi connectivity index (χ4n) is 5.45. The Morgan fingerprint density at radius 3 is 1.55 bits per heavy atom. The number of phosphoric acid groups is 1. The number of unbranched alkanes of at least 4 members (excludes halogenated alkanes) is 14. The van der Waals surface area contributed by atoms with Gasteiger partial charge >= 0.3 is 19.8 Å². The second kappa shape index (κ2) is 37.3. The molecule has 2 atom stereocenters. The zero-order chi connectivity index (χ0) is 40.7. The van der Waals surface area contributed by atoms with Crippen molar-refractivity contribution >= 4 is 19.8 Å². The highest BCUT2D eigenvalue weighted by Gasteiger charge is 2.27. The van der Waals surface area contributed by atoms with Crippen molar-refractivity contribution < 1.29 is 42.1 Å². The number of rotatable bonds is 38. The lowest BCUT2D eigenvalue weighted by Crippen LogP contribution is -2.37. The summed E-state index contributed by atoms with van der Waals surface area (Å²) in [4.78, 5) is 35.3. The summed E-state index contributed by atoms with van der Waals surface area (Å²) in [5, 5.41) is 0. The molecule has 0 saturated carbocycles.